The van der Waals surface area contributed by atoms with Crippen molar-refractivity contribution < 1.29 is 18.0 Å². The highest BCUT2D eigenvalue weighted by Gasteiger charge is 2.44. The van der Waals surface area contributed by atoms with E-state index < -0.39 is 17.2 Å². The zero-order valence-corrected chi connectivity index (χ0v) is 24.2. The number of benzene rings is 2. The molecule has 0 saturated carbocycles. The van der Waals surface area contributed by atoms with E-state index in [-0.39, 0.29) is 17.5 Å². The van der Waals surface area contributed by atoms with Crippen LogP contribution in [0.4, 0.5) is 18.9 Å². The van der Waals surface area contributed by atoms with Crippen molar-refractivity contribution in [3.63, 3.8) is 0 Å². The molecule has 6 rings (SSSR count). The minimum absolute atomic E-state index is 0.0262. The zero-order chi connectivity index (χ0) is 30.4. The summed E-state index contributed by atoms with van der Waals surface area (Å²) in [4.78, 5) is 23.0. The van der Waals surface area contributed by atoms with E-state index in [4.69, 9.17) is 4.98 Å². The van der Waals surface area contributed by atoms with Crippen LogP contribution in [0.15, 0.2) is 66.9 Å². The number of nitriles is 1. The lowest BCUT2D eigenvalue weighted by Crippen LogP contribution is -2.54. The van der Waals surface area contributed by atoms with Gasteiger partial charge in [-0.25, -0.2) is 0 Å². The van der Waals surface area contributed by atoms with Crippen LogP contribution in [0.2, 0.25) is 0 Å². The molecule has 222 valence electrons. The third kappa shape index (κ3) is 5.34. The molecule has 2 aromatic heterocycles. The lowest BCUT2D eigenvalue weighted by atomic mass is 9.72. The van der Waals surface area contributed by atoms with Crippen LogP contribution < -0.4 is 10.2 Å². The molecule has 2 fully saturated rings. The van der Waals surface area contributed by atoms with E-state index in [1.807, 2.05) is 49.3 Å². The number of likely N-dealkylation sites (N-methyl/N-ethyl adjacent to an activating group) is 1. The summed E-state index contributed by atoms with van der Waals surface area (Å²) in [5, 5.41) is 14.1. The third-order valence-corrected chi connectivity index (χ3v) is 9.09. The smallest absolute Gasteiger partial charge is 0.370 e. The van der Waals surface area contributed by atoms with Gasteiger partial charge in [0.2, 0.25) is 5.91 Å². The fraction of sp³-hybridized carbons (Fsp3) is 0.364. The van der Waals surface area contributed by atoms with Crippen LogP contribution in [0.3, 0.4) is 0 Å². The lowest BCUT2D eigenvalue weighted by Gasteiger charge is -2.42. The number of likely N-dealkylation sites (tertiary alicyclic amines) is 1. The Kier molecular flexibility index (Phi) is 7.38. The molecule has 4 aromatic rings. The van der Waals surface area contributed by atoms with E-state index in [2.05, 4.69) is 33.0 Å². The molecule has 1 atom stereocenters. The number of fused-ring (bicyclic) bond motifs is 1. The molecule has 0 unspecified atom stereocenters. The number of amides is 1. The number of rotatable bonds is 5. The topological polar surface area (TPSA) is 77.2 Å². The Morgan fingerprint density at radius 1 is 1.05 bits per heavy atom. The molecule has 2 aromatic carbocycles. The summed E-state index contributed by atoms with van der Waals surface area (Å²) in [5.74, 6) is -0.0560. The molecular formula is C33H33F3N6O. The van der Waals surface area contributed by atoms with Gasteiger partial charge in [0.15, 0.2) is 0 Å². The van der Waals surface area contributed by atoms with Crippen molar-refractivity contribution in [1.82, 2.24) is 19.8 Å². The normalized spacial score (nSPS) is 19.0. The number of nitrogens with one attached hydrogen (secondary N) is 1. The van der Waals surface area contributed by atoms with Crippen molar-refractivity contribution in [3.8, 4) is 17.5 Å². The molecule has 2 aliphatic rings. The van der Waals surface area contributed by atoms with Gasteiger partial charge in [0.25, 0.3) is 0 Å². The minimum atomic E-state index is -4.53. The van der Waals surface area contributed by atoms with Crippen LogP contribution in [-0.4, -0.2) is 59.6 Å². The van der Waals surface area contributed by atoms with Crippen LogP contribution in [0.1, 0.15) is 36.0 Å². The van der Waals surface area contributed by atoms with Gasteiger partial charge in [-0.3, -0.25) is 9.78 Å². The Balaban J connectivity index is 1.30. The molecule has 0 spiro atoms. The zero-order valence-electron chi connectivity index (χ0n) is 24.2. The standard InChI is InChI=1S/C33H33F3N6O/c1-40-14-11-26(21-40)39-31(43)32(12-15-42(16-13-32)29-10-8-24(33(34,35)36)17-23(29)19-37)25-7-9-27(38-20-25)30-18-22-5-3-4-6-28(22)41(30)2/h3-10,17-18,20,26H,11-16,21H2,1-2H3,(H,39,43)/t26-/m1/s1. The minimum Gasteiger partial charge on any atom is -0.370 e. The first-order valence-electron chi connectivity index (χ1n) is 14.5. The first-order chi connectivity index (χ1) is 20.6. The molecular weight excluding hydrogens is 553 g/mol. The molecule has 43 heavy (non-hydrogen) atoms. The number of pyridine rings is 1. The van der Waals surface area contributed by atoms with Crippen LogP contribution in [0.5, 0.6) is 0 Å². The predicted octanol–water partition coefficient (Wildman–Crippen LogP) is 5.49. The van der Waals surface area contributed by atoms with Crippen LogP contribution in [0, 0.1) is 11.3 Å². The number of piperidine rings is 1. The number of aromatic nitrogens is 2. The van der Waals surface area contributed by atoms with E-state index in [0.717, 1.165) is 59.5 Å². The average molecular weight is 587 g/mol. The SMILES string of the molecule is CN1CC[C@@H](NC(=O)C2(c3ccc(-c4cc5ccccc5n4C)nc3)CCN(c3ccc(C(F)(F)F)cc3C#N)CC2)C1. The Morgan fingerprint density at radius 2 is 1.81 bits per heavy atom. The molecule has 7 nitrogen and oxygen atoms in total. The second-order valence-corrected chi connectivity index (χ2v) is 11.7. The van der Waals surface area contributed by atoms with Gasteiger partial charge in [-0.2, -0.15) is 18.4 Å². The number of aryl methyl sites for hydroxylation is 1. The van der Waals surface area contributed by atoms with E-state index in [9.17, 15) is 23.2 Å². The fourth-order valence-electron chi connectivity index (χ4n) is 6.59. The van der Waals surface area contributed by atoms with Gasteiger partial charge in [0.05, 0.1) is 33.6 Å². The fourth-order valence-corrected chi connectivity index (χ4v) is 6.59. The quantitative estimate of drug-likeness (QED) is 0.335. The maximum Gasteiger partial charge on any atom is 0.416 e. The summed E-state index contributed by atoms with van der Waals surface area (Å²) >= 11 is 0. The molecule has 0 aliphatic carbocycles. The predicted molar refractivity (Wildman–Crippen MR) is 159 cm³/mol. The van der Waals surface area contributed by atoms with Gasteiger partial charge in [0, 0.05) is 49.8 Å². The van der Waals surface area contributed by atoms with Crippen molar-refractivity contribution >= 4 is 22.5 Å². The number of nitrogens with zero attached hydrogens (tertiary/aromatic N) is 5. The number of anilines is 1. The number of carbonyl (C=O) groups is 1. The van der Waals surface area contributed by atoms with Gasteiger partial charge in [-0.15, -0.1) is 0 Å². The van der Waals surface area contributed by atoms with Crippen LogP contribution in [-0.2, 0) is 23.4 Å². The summed E-state index contributed by atoms with van der Waals surface area (Å²) < 4.78 is 42.0. The second kappa shape index (κ2) is 11.0. The molecule has 1 amide bonds. The van der Waals surface area contributed by atoms with Crippen molar-refractivity contribution in [3.05, 3.63) is 83.6 Å². The highest BCUT2D eigenvalue weighted by atomic mass is 19.4. The molecule has 2 aliphatic heterocycles. The number of para-hydroxylation sites is 1. The lowest BCUT2D eigenvalue weighted by molar-refractivity contribution is -0.137. The number of hydrogen-bond acceptors (Lipinski definition) is 5. The van der Waals surface area contributed by atoms with Gasteiger partial charge in [-0.05, 0) is 74.8 Å². The molecule has 0 radical (unpaired) electrons. The van der Waals surface area contributed by atoms with E-state index in [1.165, 1.54) is 6.07 Å². The number of hydrogen-bond donors (Lipinski definition) is 1. The largest absolute Gasteiger partial charge is 0.416 e. The first-order valence-corrected chi connectivity index (χ1v) is 14.5. The van der Waals surface area contributed by atoms with Crippen molar-refractivity contribution in [1.29, 1.82) is 5.26 Å². The monoisotopic (exact) mass is 586 g/mol. The molecule has 2 saturated heterocycles. The van der Waals surface area contributed by atoms with E-state index in [1.54, 1.807) is 6.20 Å². The van der Waals surface area contributed by atoms with Gasteiger partial charge >= 0.3 is 6.18 Å². The summed E-state index contributed by atoms with van der Waals surface area (Å²) in [5.41, 5.74) is 2.41. The highest BCUT2D eigenvalue weighted by molar-refractivity contribution is 5.89. The number of halogens is 3. The van der Waals surface area contributed by atoms with Crippen molar-refractivity contribution in [2.75, 3.05) is 38.1 Å². The Hall–Kier alpha value is -4.36. The molecule has 1 N–H and O–H groups in total. The third-order valence-electron chi connectivity index (χ3n) is 9.09. The van der Waals surface area contributed by atoms with Crippen molar-refractivity contribution in [2.24, 2.45) is 7.05 Å². The van der Waals surface area contributed by atoms with Crippen LogP contribution >= 0.6 is 0 Å². The maximum absolute atomic E-state index is 14.1. The molecule has 4 heterocycles. The molecule has 10 heteroatoms. The molecule has 0 bridgehead atoms. The van der Waals surface area contributed by atoms with Crippen molar-refractivity contribution in [2.45, 2.75) is 36.9 Å². The Bertz CT molecular complexity index is 1700. The van der Waals surface area contributed by atoms with E-state index in [0.29, 0.717) is 31.6 Å². The van der Waals surface area contributed by atoms with Crippen LogP contribution in [0.25, 0.3) is 22.3 Å². The van der Waals surface area contributed by atoms with E-state index >= 15 is 0 Å². The van der Waals surface area contributed by atoms with Gasteiger partial charge in [0.1, 0.15) is 6.07 Å². The summed E-state index contributed by atoms with van der Waals surface area (Å²) in [6, 6.07) is 19.4. The summed E-state index contributed by atoms with van der Waals surface area (Å²) in [7, 11) is 4.04. The maximum atomic E-state index is 14.1. The summed E-state index contributed by atoms with van der Waals surface area (Å²) in [6.07, 6.45) is -0.995. The first kappa shape index (κ1) is 28.7. The average Bonchev–Trinajstić information content (AvgIpc) is 3.58. The summed E-state index contributed by atoms with van der Waals surface area (Å²) in [6.45, 7) is 2.51. The second-order valence-electron chi connectivity index (χ2n) is 11.7. The Morgan fingerprint density at radius 3 is 2.44 bits per heavy atom. The highest BCUT2D eigenvalue weighted by Crippen LogP contribution is 2.40. The number of carbonyl (C=O) groups excluding carboxylic acids is 1. The number of alkyl halides is 3. The van der Waals surface area contributed by atoms with Gasteiger partial charge in [-0.1, -0.05) is 24.3 Å². The Labute approximate surface area is 248 Å². The van der Waals surface area contributed by atoms with Gasteiger partial charge < -0.3 is 19.7 Å².